The van der Waals surface area contributed by atoms with Crippen LogP contribution in [-0.2, 0) is 21.5 Å². The fraction of sp³-hybridized carbons (Fsp3) is 0.452. The predicted octanol–water partition coefficient (Wildman–Crippen LogP) is 5.50. The van der Waals surface area contributed by atoms with Crippen LogP contribution >= 0.6 is 0 Å². The molecule has 0 aliphatic carbocycles. The number of hydrogen-bond acceptors (Lipinski definition) is 7. The molecule has 1 amide bonds. The van der Waals surface area contributed by atoms with Gasteiger partial charge in [-0.15, -0.1) is 0 Å². The van der Waals surface area contributed by atoms with E-state index in [2.05, 4.69) is 57.0 Å². The molecule has 39 heavy (non-hydrogen) atoms. The second-order valence-corrected chi connectivity index (χ2v) is 11.3. The van der Waals surface area contributed by atoms with Crippen LogP contribution < -0.4 is 16.0 Å². The number of nitrogens with one attached hydrogen (secondary N) is 3. The van der Waals surface area contributed by atoms with Gasteiger partial charge in [0.2, 0.25) is 11.9 Å². The lowest BCUT2D eigenvalue weighted by atomic mass is 9.83. The molecule has 1 fully saturated rings. The van der Waals surface area contributed by atoms with Crippen LogP contribution in [0, 0.1) is 13.8 Å². The van der Waals surface area contributed by atoms with Gasteiger partial charge < -0.3 is 25.6 Å². The molecule has 2 aliphatic rings. The number of methoxy groups -OCH3 is 1. The van der Waals surface area contributed by atoms with E-state index in [1.807, 2.05) is 39.1 Å². The Morgan fingerprint density at radius 1 is 1.18 bits per heavy atom. The highest BCUT2D eigenvalue weighted by Gasteiger charge is 2.39. The van der Waals surface area contributed by atoms with E-state index < -0.39 is 5.41 Å². The topological polar surface area (TPSA) is 91.4 Å². The summed E-state index contributed by atoms with van der Waals surface area (Å²) in [6.07, 6.45) is 4.27. The number of hydrogen-bond donors (Lipinski definition) is 3. The summed E-state index contributed by atoms with van der Waals surface area (Å²) in [4.78, 5) is 24.3. The number of nitrogens with zero attached hydrogens (tertiary/aromatic N) is 3. The molecule has 0 saturated carbocycles. The van der Waals surface area contributed by atoms with E-state index in [-0.39, 0.29) is 5.91 Å². The molecule has 8 nitrogen and oxygen atoms in total. The van der Waals surface area contributed by atoms with Gasteiger partial charge in [-0.1, -0.05) is 24.3 Å². The van der Waals surface area contributed by atoms with E-state index in [4.69, 9.17) is 9.72 Å². The molecular weight excluding hydrogens is 488 g/mol. The molecule has 1 atom stereocenters. The summed E-state index contributed by atoms with van der Waals surface area (Å²) in [5, 5.41) is 9.91. The third kappa shape index (κ3) is 5.77. The van der Waals surface area contributed by atoms with Crippen molar-refractivity contribution in [2.24, 2.45) is 0 Å². The zero-order chi connectivity index (χ0) is 27.6. The first-order valence-corrected chi connectivity index (χ1v) is 13.9. The molecule has 3 heterocycles. The molecule has 2 aromatic carbocycles. The Morgan fingerprint density at radius 2 is 2.03 bits per heavy atom. The van der Waals surface area contributed by atoms with Crippen LogP contribution in [0.15, 0.2) is 42.6 Å². The van der Waals surface area contributed by atoms with Gasteiger partial charge >= 0.3 is 0 Å². The molecule has 0 radical (unpaired) electrons. The summed E-state index contributed by atoms with van der Waals surface area (Å²) in [5.41, 5.74) is 6.99. The van der Waals surface area contributed by atoms with Crippen LogP contribution in [0.25, 0.3) is 0 Å². The van der Waals surface area contributed by atoms with Gasteiger partial charge in [-0.2, -0.15) is 4.98 Å². The number of amides is 1. The number of ether oxygens (including phenoxy) is 1. The summed E-state index contributed by atoms with van der Waals surface area (Å²) in [6.45, 7) is 12.6. The second-order valence-electron chi connectivity index (χ2n) is 11.3. The van der Waals surface area contributed by atoms with Gasteiger partial charge in [0.05, 0.1) is 12.0 Å². The average Bonchev–Trinajstić information content (AvgIpc) is 3.17. The van der Waals surface area contributed by atoms with Crippen molar-refractivity contribution in [2.75, 3.05) is 49.3 Å². The fourth-order valence-electron chi connectivity index (χ4n) is 5.79. The van der Waals surface area contributed by atoms with Crippen LogP contribution in [0.5, 0.6) is 0 Å². The summed E-state index contributed by atoms with van der Waals surface area (Å²) < 4.78 is 5.28. The van der Waals surface area contributed by atoms with Crippen molar-refractivity contribution in [1.29, 1.82) is 0 Å². The van der Waals surface area contributed by atoms with Crippen molar-refractivity contribution in [3.8, 4) is 0 Å². The highest BCUT2D eigenvalue weighted by molar-refractivity contribution is 6.06. The van der Waals surface area contributed by atoms with E-state index in [0.717, 1.165) is 60.1 Å². The molecule has 5 rings (SSSR count). The second kappa shape index (κ2) is 11.3. The Hall–Kier alpha value is -3.49. The normalized spacial score (nSPS) is 18.5. The minimum absolute atomic E-state index is 0.0305. The molecule has 1 saturated heterocycles. The molecule has 1 unspecified atom stereocenters. The Morgan fingerprint density at radius 3 is 2.82 bits per heavy atom. The molecule has 206 valence electrons. The maximum absolute atomic E-state index is 12.5. The van der Waals surface area contributed by atoms with E-state index >= 15 is 0 Å². The van der Waals surface area contributed by atoms with Crippen LogP contribution in [-0.4, -0.2) is 54.1 Å². The largest absolute Gasteiger partial charge is 0.383 e. The zero-order valence-corrected chi connectivity index (χ0v) is 23.7. The quantitative estimate of drug-likeness (QED) is 0.338. The van der Waals surface area contributed by atoms with Crippen molar-refractivity contribution >= 4 is 29.0 Å². The molecule has 3 N–H and O–H groups in total. The number of rotatable bonds is 9. The van der Waals surface area contributed by atoms with Gasteiger partial charge in [-0.25, -0.2) is 4.98 Å². The van der Waals surface area contributed by atoms with E-state index in [0.29, 0.717) is 18.4 Å². The Kier molecular flexibility index (Phi) is 7.86. The van der Waals surface area contributed by atoms with Crippen molar-refractivity contribution < 1.29 is 9.53 Å². The first-order valence-electron chi connectivity index (χ1n) is 13.9. The predicted molar refractivity (Wildman–Crippen MR) is 157 cm³/mol. The number of fused-ring (bicyclic) bond motifs is 1. The van der Waals surface area contributed by atoms with E-state index in [9.17, 15) is 4.79 Å². The summed E-state index contributed by atoms with van der Waals surface area (Å²) in [7, 11) is 1.77. The number of carbonyl (C=O) groups excluding carboxylic acids is 1. The van der Waals surface area contributed by atoms with Gasteiger partial charge in [-0.3, -0.25) is 4.79 Å². The maximum atomic E-state index is 12.5. The maximum Gasteiger partial charge on any atom is 0.234 e. The van der Waals surface area contributed by atoms with Gasteiger partial charge in [0.1, 0.15) is 5.82 Å². The van der Waals surface area contributed by atoms with E-state index in [1.165, 1.54) is 24.0 Å². The number of benzene rings is 2. The lowest BCUT2D eigenvalue weighted by Crippen LogP contribution is -2.36. The van der Waals surface area contributed by atoms with Gasteiger partial charge in [0.15, 0.2) is 0 Å². The van der Waals surface area contributed by atoms with Crippen LogP contribution in [0.1, 0.15) is 60.4 Å². The van der Waals surface area contributed by atoms with Gasteiger partial charge in [0, 0.05) is 49.9 Å². The minimum atomic E-state index is -0.565. The van der Waals surface area contributed by atoms with Gasteiger partial charge in [0.25, 0.3) is 0 Å². The number of likely N-dealkylation sites (tertiary alicyclic amines) is 1. The highest BCUT2D eigenvalue weighted by Crippen LogP contribution is 2.40. The average molecular weight is 529 g/mol. The monoisotopic (exact) mass is 528 g/mol. The molecule has 0 bridgehead atoms. The SMILES string of the molecule is COCCN1CCCC(c2ccc(Nc3ncc(C)c(NCc4cccc5c4C(C)(C)C(=O)N5)n3)c(C)c2)C1. The van der Waals surface area contributed by atoms with Crippen molar-refractivity contribution in [3.05, 3.63) is 70.4 Å². The molecule has 2 aliphatic heterocycles. The highest BCUT2D eigenvalue weighted by atomic mass is 16.5. The summed E-state index contributed by atoms with van der Waals surface area (Å²) >= 11 is 0. The Bertz CT molecular complexity index is 1350. The first kappa shape index (κ1) is 27.1. The fourth-order valence-corrected chi connectivity index (χ4v) is 5.79. The number of aryl methyl sites for hydroxylation is 2. The van der Waals surface area contributed by atoms with Crippen LogP contribution in [0.3, 0.4) is 0 Å². The molecule has 8 heteroatoms. The molecule has 3 aromatic rings. The van der Waals surface area contributed by atoms with Gasteiger partial charge in [-0.05, 0) is 87.4 Å². The van der Waals surface area contributed by atoms with Crippen LogP contribution in [0.2, 0.25) is 0 Å². The third-order valence-corrected chi connectivity index (χ3v) is 8.10. The molecule has 0 spiro atoms. The Labute approximate surface area is 231 Å². The molecular formula is C31H40N6O2. The smallest absolute Gasteiger partial charge is 0.234 e. The Balaban J connectivity index is 1.27. The number of carbonyl (C=O) groups is 1. The third-order valence-electron chi connectivity index (χ3n) is 8.10. The van der Waals surface area contributed by atoms with E-state index in [1.54, 1.807) is 7.11 Å². The first-order chi connectivity index (χ1) is 18.8. The number of aromatic nitrogens is 2. The lowest BCUT2D eigenvalue weighted by molar-refractivity contribution is -0.119. The number of piperidine rings is 1. The van der Waals surface area contributed by atoms with Crippen molar-refractivity contribution in [1.82, 2.24) is 14.9 Å². The van der Waals surface area contributed by atoms with Crippen molar-refractivity contribution in [2.45, 2.75) is 58.4 Å². The van der Waals surface area contributed by atoms with Crippen LogP contribution in [0.4, 0.5) is 23.1 Å². The minimum Gasteiger partial charge on any atom is -0.383 e. The summed E-state index contributed by atoms with van der Waals surface area (Å²) in [5.74, 6) is 1.90. The zero-order valence-electron chi connectivity index (χ0n) is 23.7. The standard InChI is InChI=1S/C31H40N6O2/c1-20-16-22(24-9-7-13-37(19-24)14-15-39-5)11-12-25(20)35-30-33-17-21(2)28(36-30)32-18-23-8-6-10-26-27(23)31(3,4)29(38)34-26/h6,8,10-12,16-17,24H,7,9,13-15,18-19H2,1-5H3,(H,34,38)(H2,32,33,35,36). The summed E-state index contributed by atoms with van der Waals surface area (Å²) in [6, 6.07) is 12.7. The number of anilines is 4. The molecule has 1 aromatic heterocycles. The van der Waals surface area contributed by atoms with Crippen molar-refractivity contribution in [3.63, 3.8) is 0 Å². The lowest BCUT2D eigenvalue weighted by Gasteiger charge is -2.33.